The first-order valence-electron chi connectivity index (χ1n) is 12.3. The third kappa shape index (κ3) is 8.42. The maximum absolute atomic E-state index is 13.4. The van der Waals surface area contributed by atoms with Crippen LogP contribution in [0.3, 0.4) is 0 Å². The number of anilines is 1. The molecule has 1 amide bonds. The van der Waals surface area contributed by atoms with E-state index < -0.39 is 5.56 Å². The zero-order valence-corrected chi connectivity index (χ0v) is 21.6. The molecule has 0 fully saturated rings. The van der Waals surface area contributed by atoms with Crippen LogP contribution in [0, 0.1) is 0 Å². The Morgan fingerprint density at radius 1 is 1.06 bits per heavy atom. The lowest BCUT2D eigenvalue weighted by Crippen LogP contribution is -2.24. The molecule has 190 valence electrons. The quantitative estimate of drug-likeness (QED) is 0.198. The molecule has 1 heterocycles. The zero-order valence-electron chi connectivity index (χ0n) is 21.6. The Labute approximate surface area is 207 Å². The zero-order chi connectivity index (χ0) is 25.8. The first-order chi connectivity index (χ1) is 16.8. The van der Waals surface area contributed by atoms with Gasteiger partial charge in [-0.25, -0.2) is 0 Å². The van der Waals surface area contributed by atoms with E-state index in [2.05, 4.69) is 32.2 Å². The van der Waals surface area contributed by atoms with Crippen molar-refractivity contribution in [3.63, 3.8) is 0 Å². The van der Waals surface area contributed by atoms with Crippen LogP contribution in [0.15, 0.2) is 46.3 Å². The van der Waals surface area contributed by atoms with Crippen molar-refractivity contribution >= 4 is 29.0 Å². The number of aromatic nitrogens is 1. The molecule has 2 rings (SSSR count). The third-order valence-electron chi connectivity index (χ3n) is 5.65. The van der Waals surface area contributed by atoms with Crippen molar-refractivity contribution < 1.29 is 19.1 Å². The van der Waals surface area contributed by atoms with E-state index in [4.69, 9.17) is 9.47 Å². The smallest absolute Gasteiger partial charge is 0.298 e. The largest absolute Gasteiger partial charge is 0.485 e. The summed E-state index contributed by atoms with van der Waals surface area (Å²) in [5, 5.41) is 3.41. The number of ether oxygens (including phenoxy) is 2. The van der Waals surface area contributed by atoms with E-state index >= 15 is 0 Å². The van der Waals surface area contributed by atoms with E-state index in [0.29, 0.717) is 23.1 Å². The summed E-state index contributed by atoms with van der Waals surface area (Å²) in [6.07, 6.45) is 9.96. The van der Waals surface area contributed by atoms with E-state index in [0.717, 1.165) is 38.5 Å². The molecule has 0 bridgehead atoms. The van der Waals surface area contributed by atoms with Gasteiger partial charge in [0.25, 0.3) is 12.0 Å². The second kappa shape index (κ2) is 14.1. The van der Waals surface area contributed by atoms with Crippen molar-refractivity contribution in [1.29, 1.82) is 0 Å². The van der Waals surface area contributed by atoms with Crippen LogP contribution < -0.4 is 20.3 Å². The van der Waals surface area contributed by atoms with Crippen molar-refractivity contribution in [2.75, 3.05) is 11.9 Å². The fourth-order valence-corrected chi connectivity index (χ4v) is 3.85. The van der Waals surface area contributed by atoms with Crippen LogP contribution in [0.25, 0.3) is 10.9 Å². The molecule has 0 unspecified atom stereocenters. The van der Waals surface area contributed by atoms with Gasteiger partial charge in [0.2, 0.25) is 11.7 Å². The van der Waals surface area contributed by atoms with Gasteiger partial charge in [-0.2, -0.15) is 0 Å². The molecule has 2 aromatic rings. The van der Waals surface area contributed by atoms with Crippen LogP contribution in [-0.2, 0) is 16.1 Å². The molecule has 1 aromatic carbocycles. The fourth-order valence-electron chi connectivity index (χ4n) is 3.85. The van der Waals surface area contributed by atoms with E-state index in [-0.39, 0.29) is 30.5 Å². The number of fused-ring (bicyclic) bond motifs is 1. The SMILES string of the molecule is CCCCCCn1c(=O)c(OC=O)c(OC/C=C(\C)CCC=C(C)C)c2ccc(NC(C)=O)cc21. The van der Waals surface area contributed by atoms with Gasteiger partial charge in [0.1, 0.15) is 6.61 Å². The molecular formula is C28H38N2O5. The first kappa shape index (κ1) is 27.9. The average Bonchev–Trinajstić information content (AvgIpc) is 2.79. The van der Waals surface area contributed by atoms with Crippen LogP contribution in [0.2, 0.25) is 0 Å². The molecule has 7 heteroatoms. The van der Waals surface area contributed by atoms with E-state index in [1.165, 1.54) is 18.1 Å². The Morgan fingerprint density at radius 3 is 2.49 bits per heavy atom. The van der Waals surface area contributed by atoms with Crippen LogP contribution in [0.4, 0.5) is 5.69 Å². The van der Waals surface area contributed by atoms with Gasteiger partial charge in [-0.3, -0.25) is 14.4 Å². The number of nitrogens with zero attached hydrogens (tertiary/aromatic N) is 1. The molecule has 0 radical (unpaired) electrons. The fraction of sp³-hybridized carbons (Fsp3) is 0.464. The minimum atomic E-state index is -0.430. The third-order valence-corrected chi connectivity index (χ3v) is 5.65. The predicted molar refractivity (Wildman–Crippen MR) is 141 cm³/mol. The number of benzene rings is 1. The summed E-state index contributed by atoms with van der Waals surface area (Å²) in [7, 11) is 0. The number of hydrogen-bond acceptors (Lipinski definition) is 5. The normalized spacial score (nSPS) is 11.3. The van der Waals surface area contributed by atoms with Gasteiger partial charge in [0, 0.05) is 24.5 Å². The number of amides is 1. The van der Waals surface area contributed by atoms with Crippen molar-refractivity contribution in [2.45, 2.75) is 79.7 Å². The Morgan fingerprint density at radius 2 is 1.83 bits per heavy atom. The van der Waals surface area contributed by atoms with Crippen LogP contribution in [0.1, 0.15) is 73.1 Å². The maximum atomic E-state index is 13.4. The second-order valence-corrected chi connectivity index (χ2v) is 8.98. The summed E-state index contributed by atoms with van der Waals surface area (Å²) >= 11 is 0. The average molecular weight is 483 g/mol. The minimum absolute atomic E-state index is 0.120. The highest BCUT2D eigenvalue weighted by Crippen LogP contribution is 2.34. The molecule has 0 saturated carbocycles. The molecule has 0 aliphatic heterocycles. The number of carbonyl (C=O) groups excluding carboxylic acids is 2. The Kier molecular flexibility index (Phi) is 11.3. The number of pyridine rings is 1. The minimum Gasteiger partial charge on any atom is -0.485 e. The van der Waals surface area contributed by atoms with Gasteiger partial charge in [-0.15, -0.1) is 0 Å². The van der Waals surface area contributed by atoms with Crippen LogP contribution in [0.5, 0.6) is 11.5 Å². The molecular weight excluding hydrogens is 444 g/mol. The first-order valence-corrected chi connectivity index (χ1v) is 12.3. The summed E-state index contributed by atoms with van der Waals surface area (Å²) in [5.41, 5.74) is 3.22. The molecule has 1 aromatic heterocycles. The van der Waals surface area contributed by atoms with Gasteiger partial charge in [0.15, 0.2) is 5.75 Å². The summed E-state index contributed by atoms with van der Waals surface area (Å²) in [6, 6.07) is 5.28. The lowest BCUT2D eigenvalue weighted by molar-refractivity contribution is -0.121. The van der Waals surface area contributed by atoms with Crippen LogP contribution >= 0.6 is 0 Å². The standard InChI is InChI=1S/C28H38N2O5/c1-6-7-8-9-16-30-25-18-23(29-22(5)32)13-14-24(25)26(27(28(30)33)35-19-31)34-17-15-21(4)12-10-11-20(2)3/h11,13-15,18-19H,6-10,12,16-17H2,1-5H3,(H,29,32)/b21-15+. The van der Waals surface area contributed by atoms with E-state index in [1.54, 1.807) is 22.8 Å². The van der Waals surface area contributed by atoms with Gasteiger partial charge < -0.3 is 19.4 Å². The molecule has 7 nitrogen and oxygen atoms in total. The lowest BCUT2D eigenvalue weighted by Gasteiger charge is -2.18. The number of unbranched alkanes of at least 4 members (excludes halogenated alkanes) is 3. The van der Waals surface area contributed by atoms with Crippen LogP contribution in [-0.4, -0.2) is 23.6 Å². The Hall–Kier alpha value is -3.35. The monoisotopic (exact) mass is 482 g/mol. The molecule has 0 aliphatic rings. The van der Waals surface area contributed by atoms with E-state index in [1.807, 2.05) is 13.0 Å². The summed E-state index contributed by atoms with van der Waals surface area (Å²) in [6.45, 7) is 10.7. The summed E-state index contributed by atoms with van der Waals surface area (Å²) in [5.74, 6) is -0.0946. The lowest BCUT2D eigenvalue weighted by atomic mass is 10.1. The van der Waals surface area contributed by atoms with Crippen molar-refractivity contribution in [3.8, 4) is 11.5 Å². The summed E-state index contributed by atoms with van der Waals surface area (Å²) in [4.78, 5) is 36.2. The molecule has 35 heavy (non-hydrogen) atoms. The maximum Gasteiger partial charge on any atom is 0.298 e. The van der Waals surface area contributed by atoms with Crippen molar-refractivity contribution in [1.82, 2.24) is 4.57 Å². The van der Waals surface area contributed by atoms with Gasteiger partial charge >= 0.3 is 0 Å². The molecule has 0 aliphatic carbocycles. The molecule has 0 spiro atoms. The number of carbonyl (C=O) groups is 2. The molecule has 0 atom stereocenters. The number of nitrogens with one attached hydrogen (secondary N) is 1. The molecule has 0 saturated heterocycles. The number of hydrogen-bond donors (Lipinski definition) is 1. The highest BCUT2D eigenvalue weighted by Gasteiger charge is 2.20. The summed E-state index contributed by atoms with van der Waals surface area (Å²) < 4.78 is 12.8. The Bertz CT molecular complexity index is 1140. The topological polar surface area (TPSA) is 86.6 Å². The molecule has 1 N–H and O–H groups in total. The number of aryl methyl sites for hydroxylation is 1. The van der Waals surface area contributed by atoms with Gasteiger partial charge in [-0.1, -0.05) is 43.4 Å². The second-order valence-electron chi connectivity index (χ2n) is 8.98. The Balaban J connectivity index is 2.49. The van der Waals surface area contributed by atoms with E-state index in [9.17, 15) is 14.4 Å². The van der Waals surface area contributed by atoms with Crippen molar-refractivity contribution in [2.24, 2.45) is 0 Å². The van der Waals surface area contributed by atoms with Gasteiger partial charge in [-0.05, 0) is 64.3 Å². The number of rotatable bonds is 14. The van der Waals surface area contributed by atoms with Crippen molar-refractivity contribution in [3.05, 3.63) is 51.9 Å². The number of allylic oxidation sites excluding steroid dienone is 3. The van der Waals surface area contributed by atoms with Gasteiger partial charge in [0.05, 0.1) is 5.52 Å². The highest BCUT2D eigenvalue weighted by molar-refractivity contribution is 5.95. The highest BCUT2D eigenvalue weighted by atomic mass is 16.5. The predicted octanol–water partition coefficient (Wildman–Crippen LogP) is 6.15.